The van der Waals surface area contributed by atoms with Gasteiger partial charge in [-0.3, -0.25) is 0 Å². The summed E-state index contributed by atoms with van der Waals surface area (Å²) >= 11 is 0.653. The Hall–Kier alpha value is -1.08. The Morgan fingerprint density at radius 3 is 3.05 bits per heavy atom. The quantitative estimate of drug-likeness (QED) is 0.716. The van der Waals surface area contributed by atoms with E-state index in [9.17, 15) is 8.78 Å². The third-order valence-electron chi connectivity index (χ3n) is 2.95. The van der Waals surface area contributed by atoms with Gasteiger partial charge in [-0.2, -0.15) is 13.2 Å². The molecule has 0 saturated heterocycles. The summed E-state index contributed by atoms with van der Waals surface area (Å²) < 4.78 is 72.3. The topological polar surface area (TPSA) is 38.3 Å². The van der Waals surface area contributed by atoms with Crippen LogP contribution < -0.4 is 4.74 Å². The lowest BCUT2D eigenvalue weighted by Crippen LogP contribution is -2.27. The van der Waals surface area contributed by atoms with Gasteiger partial charge in [0.25, 0.3) is 5.88 Å². The zero-order valence-electron chi connectivity index (χ0n) is 16.0. The summed E-state index contributed by atoms with van der Waals surface area (Å²) in [6.07, 6.45) is -0.853. The standard InChI is InChI=1S/C14H21F2N3OS/c1-3-4-5-8-14(15,16)20-13-12(17-21-18-13)11-7-6-9-19(2)10-11/h7H,3-6,8-10H2,1-2H3/i9D2,10D2. The molecule has 4 nitrogen and oxygen atoms in total. The van der Waals surface area contributed by atoms with Crippen molar-refractivity contribution in [3.63, 3.8) is 0 Å². The molecule has 0 saturated carbocycles. The molecule has 0 aromatic carbocycles. The van der Waals surface area contributed by atoms with Gasteiger partial charge in [0.1, 0.15) is 5.69 Å². The lowest BCUT2D eigenvalue weighted by atomic mass is 10.1. The molecule has 118 valence electrons. The predicted octanol–water partition coefficient (Wildman–Crippen LogP) is 3.81. The van der Waals surface area contributed by atoms with Crippen LogP contribution in [0.25, 0.3) is 5.57 Å². The van der Waals surface area contributed by atoms with Crippen molar-refractivity contribution in [2.24, 2.45) is 0 Å². The van der Waals surface area contributed by atoms with Crippen LogP contribution in [0.4, 0.5) is 8.78 Å². The van der Waals surface area contributed by atoms with E-state index in [-0.39, 0.29) is 17.7 Å². The minimum absolute atomic E-state index is 0.0155. The second-order valence-electron chi connectivity index (χ2n) is 4.77. The van der Waals surface area contributed by atoms with Crippen molar-refractivity contribution in [3.05, 3.63) is 11.8 Å². The molecule has 1 aliphatic rings. The van der Waals surface area contributed by atoms with Gasteiger partial charge < -0.3 is 9.64 Å². The molecule has 1 aromatic rings. The summed E-state index contributed by atoms with van der Waals surface area (Å²) in [5.41, 5.74) is -0.120. The first-order valence-corrected chi connectivity index (χ1v) is 7.58. The van der Waals surface area contributed by atoms with E-state index in [1.807, 2.05) is 6.92 Å². The number of halogens is 2. The molecule has 1 aliphatic heterocycles. The largest absolute Gasteiger partial charge is 0.411 e. The fourth-order valence-corrected chi connectivity index (χ4v) is 2.38. The highest BCUT2D eigenvalue weighted by atomic mass is 32.1. The molecule has 0 aliphatic carbocycles. The van der Waals surface area contributed by atoms with Gasteiger partial charge in [0.2, 0.25) is 0 Å². The molecule has 0 unspecified atom stereocenters. The number of likely N-dealkylation sites (N-methyl/N-ethyl adjacent to an activating group) is 1. The first-order chi connectivity index (χ1) is 11.5. The van der Waals surface area contributed by atoms with Crippen LogP contribution in [0.5, 0.6) is 5.88 Å². The van der Waals surface area contributed by atoms with E-state index < -0.39 is 31.4 Å². The van der Waals surface area contributed by atoms with E-state index in [1.165, 1.54) is 13.1 Å². The van der Waals surface area contributed by atoms with Gasteiger partial charge >= 0.3 is 6.11 Å². The van der Waals surface area contributed by atoms with Crippen LogP contribution in [0.3, 0.4) is 0 Å². The number of unbranched alkanes of at least 4 members (excludes halogenated alkanes) is 2. The van der Waals surface area contributed by atoms with Gasteiger partial charge in [-0.05, 0) is 25.5 Å². The normalized spacial score (nSPS) is 24.5. The smallest absolute Gasteiger partial charge is 0.399 e. The molecule has 0 spiro atoms. The minimum Gasteiger partial charge on any atom is -0.411 e. The Labute approximate surface area is 133 Å². The molecule has 0 N–H and O–H groups in total. The van der Waals surface area contributed by atoms with Gasteiger partial charge in [0.05, 0.1) is 18.1 Å². The molecule has 1 aromatic heterocycles. The maximum atomic E-state index is 14.0. The van der Waals surface area contributed by atoms with Gasteiger partial charge in [-0.1, -0.05) is 25.8 Å². The molecule has 0 bridgehead atoms. The Morgan fingerprint density at radius 2 is 2.29 bits per heavy atom. The van der Waals surface area contributed by atoms with Crippen molar-refractivity contribution in [1.29, 1.82) is 0 Å². The van der Waals surface area contributed by atoms with Gasteiger partial charge in [0.15, 0.2) is 0 Å². The highest BCUT2D eigenvalue weighted by Gasteiger charge is 2.33. The summed E-state index contributed by atoms with van der Waals surface area (Å²) in [6.45, 7) is -2.21. The predicted molar refractivity (Wildman–Crippen MR) is 79.7 cm³/mol. The minimum atomic E-state index is -3.41. The van der Waals surface area contributed by atoms with E-state index >= 15 is 0 Å². The number of ether oxygens (including phenoxy) is 1. The molecule has 21 heavy (non-hydrogen) atoms. The fraction of sp³-hybridized carbons (Fsp3) is 0.714. The average molecular weight is 321 g/mol. The maximum Gasteiger partial charge on any atom is 0.399 e. The third-order valence-corrected chi connectivity index (χ3v) is 3.47. The van der Waals surface area contributed by atoms with E-state index in [0.717, 1.165) is 11.3 Å². The van der Waals surface area contributed by atoms with Crippen molar-refractivity contribution >= 4 is 17.3 Å². The maximum absolute atomic E-state index is 14.0. The summed E-state index contributed by atoms with van der Waals surface area (Å²) in [7, 11) is 1.30. The fourth-order valence-electron chi connectivity index (χ4n) is 1.89. The highest BCUT2D eigenvalue weighted by Crippen LogP contribution is 2.32. The van der Waals surface area contributed by atoms with E-state index in [2.05, 4.69) is 8.75 Å². The highest BCUT2D eigenvalue weighted by molar-refractivity contribution is 6.99. The van der Waals surface area contributed by atoms with E-state index in [4.69, 9.17) is 10.2 Å². The van der Waals surface area contributed by atoms with E-state index in [0.29, 0.717) is 24.6 Å². The summed E-state index contributed by atoms with van der Waals surface area (Å²) in [4.78, 5) is 0.915. The Morgan fingerprint density at radius 1 is 1.48 bits per heavy atom. The monoisotopic (exact) mass is 321 g/mol. The average Bonchev–Trinajstić information content (AvgIpc) is 2.92. The van der Waals surface area contributed by atoms with Crippen molar-refractivity contribution in [3.8, 4) is 5.88 Å². The molecule has 0 radical (unpaired) electrons. The number of nitrogens with zero attached hydrogens (tertiary/aromatic N) is 3. The lowest BCUT2D eigenvalue weighted by Gasteiger charge is -2.23. The Bertz CT molecular complexity index is 639. The van der Waals surface area contributed by atoms with Crippen molar-refractivity contribution in [2.75, 3.05) is 20.0 Å². The molecule has 0 amide bonds. The summed E-state index contributed by atoms with van der Waals surface area (Å²) in [5.74, 6) is -0.419. The zero-order chi connectivity index (χ0) is 18.9. The Balaban J connectivity index is 2.25. The molecule has 2 heterocycles. The van der Waals surface area contributed by atoms with Gasteiger partial charge in [-0.15, -0.1) is 4.37 Å². The van der Waals surface area contributed by atoms with Crippen LogP contribution in [0.15, 0.2) is 6.08 Å². The number of rotatable bonds is 7. The van der Waals surface area contributed by atoms with E-state index in [1.54, 1.807) is 0 Å². The number of alkyl halides is 2. The van der Waals surface area contributed by atoms with Crippen LogP contribution in [-0.4, -0.2) is 39.8 Å². The molecular weight excluding hydrogens is 296 g/mol. The summed E-state index contributed by atoms with van der Waals surface area (Å²) in [5, 5.41) is 0. The Kier molecular flexibility index (Phi) is 3.97. The van der Waals surface area contributed by atoms with Crippen molar-refractivity contribution in [2.45, 2.75) is 45.1 Å². The molecule has 0 atom stereocenters. The van der Waals surface area contributed by atoms with Crippen LogP contribution in [0.1, 0.15) is 50.2 Å². The second-order valence-corrected chi connectivity index (χ2v) is 5.29. The number of aromatic nitrogens is 2. The van der Waals surface area contributed by atoms with Crippen LogP contribution in [0, 0.1) is 0 Å². The number of hydrogen-bond acceptors (Lipinski definition) is 5. The third kappa shape index (κ3) is 4.71. The molecule has 0 fully saturated rings. The molecule has 2 rings (SSSR count). The second kappa shape index (κ2) is 7.26. The van der Waals surface area contributed by atoms with Crippen LogP contribution in [0.2, 0.25) is 0 Å². The molecule has 7 heteroatoms. The van der Waals surface area contributed by atoms with Crippen molar-refractivity contribution < 1.29 is 19.0 Å². The van der Waals surface area contributed by atoms with Gasteiger partial charge in [-0.25, -0.2) is 0 Å². The van der Waals surface area contributed by atoms with Gasteiger partial charge in [0, 0.05) is 18.5 Å². The lowest BCUT2D eigenvalue weighted by molar-refractivity contribution is -0.183. The zero-order valence-corrected chi connectivity index (χ0v) is 12.8. The number of hydrogen-bond donors (Lipinski definition) is 0. The SMILES string of the molecule is [2H]C1([2H])CC=C(c2nsnc2OC(F)(F)CCCCC)C([2H])([2H])N1C. The molecular formula is C14H21F2N3OS. The van der Waals surface area contributed by atoms with Crippen molar-refractivity contribution in [1.82, 2.24) is 13.6 Å². The summed E-state index contributed by atoms with van der Waals surface area (Å²) in [6, 6.07) is 0. The van der Waals surface area contributed by atoms with Crippen LogP contribution in [-0.2, 0) is 0 Å². The first-order valence-electron chi connectivity index (χ1n) is 8.85. The van der Waals surface area contributed by atoms with Crippen LogP contribution >= 0.6 is 11.7 Å². The first kappa shape index (κ1) is 11.5.